The average molecular weight is 535 g/mol. The maximum atomic E-state index is 13.7. The maximum Gasteiger partial charge on any atom is 0.459 e. The van der Waals surface area contributed by atoms with E-state index in [1.807, 2.05) is 0 Å². The first-order valence-electron chi connectivity index (χ1n) is 11.4. The number of aliphatic hydroxyl groups is 2. The Morgan fingerprint density at radius 3 is 2.57 bits per heavy atom. The number of para-hydroxylation sites is 1. The van der Waals surface area contributed by atoms with E-state index in [4.69, 9.17) is 30.7 Å². The van der Waals surface area contributed by atoms with E-state index in [2.05, 4.69) is 11.0 Å². The zero-order valence-electron chi connectivity index (χ0n) is 20.5. The molecule has 200 valence electrons. The zero-order valence-corrected chi connectivity index (χ0v) is 21.4. The number of terminal acetylenes is 1. The van der Waals surface area contributed by atoms with Crippen LogP contribution in [0.1, 0.15) is 27.0 Å². The van der Waals surface area contributed by atoms with E-state index in [9.17, 15) is 24.4 Å². The highest BCUT2D eigenvalue weighted by Gasteiger charge is 2.55. The Kier molecular flexibility index (Phi) is 8.81. The van der Waals surface area contributed by atoms with Crippen LogP contribution in [0.2, 0.25) is 0 Å². The normalized spacial score (nSPS) is 25.7. The van der Waals surface area contributed by atoms with Gasteiger partial charge in [-0.25, -0.2) is 4.57 Å². The van der Waals surface area contributed by atoms with Gasteiger partial charge in [0.1, 0.15) is 30.6 Å². The van der Waals surface area contributed by atoms with E-state index in [0.29, 0.717) is 0 Å². The molecule has 0 amide bonds. The second kappa shape index (κ2) is 11.5. The van der Waals surface area contributed by atoms with Crippen LogP contribution in [-0.2, 0) is 23.4 Å². The Morgan fingerprint density at radius 1 is 1.30 bits per heavy atom. The smallest absolute Gasteiger partial charge is 0.459 e. The van der Waals surface area contributed by atoms with Gasteiger partial charge in [0.2, 0.25) is 0 Å². The number of pyridine rings is 1. The predicted molar refractivity (Wildman–Crippen MR) is 133 cm³/mol. The third-order valence-electron chi connectivity index (χ3n) is 5.39. The number of nitrogens with two attached hydrogens (primary N) is 1. The molecule has 0 radical (unpaired) electrons. The average Bonchev–Trinajstić information content (AvgIpc) is 3.08. The van der Waals surface area contributed by atoms with Gasteiger partial charge in [-0.1, -0.05) is 24.1 Å². The number of aromatic nitrogens is 1. The highest BCUT2D eigenvalue weighted by molar-refractivity contribution is 7.52. The first-order valence-corrected chi connectivity index (χ1v) is 12.9. The van der Waals surface area contributed by atoms with Crippen molar-refractivity contribution in [2.24, 2.45) is 0 Å². The molecule has 1 aliphatic heterocycles. The van der Waals surface area contributed by atoms with Crippen molar-refractivity contribution < 1.29 is 38.1 Å². The number of nitrogens with zero attached hydrogens (tertiary/aromatic N) is 1. The molecule has 0 bridgehead atoms. The largest absolute Gasteiger partial charge is 0.462 e. The van der Waals surface area contributed by atoms with Crippen molar-refractivity contribution in [1.29, 1.82) is 0 Å². The second-order valence-electron chi connectivity index (χ2n) is 8.69. The molecule has 12 nitrogen and oxygen atoms in total. The van der Waals surface area contributed by atoms with Crippen molar-refractivity contribution in [3.05, 3.63) is 59.0 Å². The summed E-state index contributed by atoms with van der Waals surface area (Å²) >= 11 is 0. The molecule has 1 fully saturated rings. The number of aliphatic hydroxyl groups excluding tert-OH is 2. The molecule has 1 unspecified atom stereocenters. The van der Waals surface area contributed by atoms with Gasteiger partial charge >= 0.3 is 13.7 Å². The topological polar surface area (TPSA) is 172 Å². The Hall–Kier alpha value is -3.17. The fourth-order valence-corrected chi connectivity index (χ4v) is 5.04. The van der Waals surface area contributed by atoms with Gasteiger partial charge in [-0.15, -0.1) is 6.42 Å². The standard InChI is InChI=1S/C24H30N3O9P/c1-5-24(21(30)20(29)22(35-24)27-12-11-17(25)13-19(27)28)14-33-37(32,36-18-9-7-6-8-10-18)26-16(4)23(31)34-15(2)3/h1,6-13,15-16,20-22,29-30H,14,25H2,2-4H3,(H,26,32)/t16-,20?,21+,22+,24+,37-/m0/s1. The zero-order chi connectivity index (χ0) is 27.4. The molecule has 2 aromatic rings. The molecule has 0 spiro atoms. The Balaban J connectivity index is 1.86. The minimum atomic E-state index is -4.36. The summed E-state index contributed by atoms with van der Waals surface area (Å²) in [6, 6.07) is 9.39. The lowest BCUT2D eigenvalue weighted by atomic mass is 9.97. The number of carbonyl (C=O) groups is 1. The number of rotatable bonds is 10. The fourth-order valence-electron chi connectivity index (χ4n) is 3.52. The Labute approximate surface area is 213 Å². The van der Waals surface area contributed by atoms with Crippen LogP contribution in [0.15, 0.2) is 53.5 Å². The third-order valence-corrected chi connectivity index (χ3v) is 7.01. The number of hydrogen-bond donors (Lipinski definition) is 4. The first kappa shape index (κ1) is 28.4. The molecule has 1 aromatic heterocycles. The number of carbonyl (C=O) groups excluding carboxylic acids is 1. The molecule has 6 atom stereocenters. The summed E-state index contributed by atoms with van der Waals surface area (Å²) < 4.78 is 36.7. The van der Waals surface area contributed by atoms with Crippen LogP contribution >= 0.6 is 7.75 Å². The van der Waals surface area contributed by atoms with Crippen LogP contribution < -0.4 is 20.9 Å². The Bertz CT molecular complexity index is 1250. The minimum Gasteiger partial charge on any atom is -0.462 e. The molecular formula is C24H30N3O9P. The molecule has 0 saturated carbocycles. The molecule has 37 heavy (non-hydrogen) atoms. The molecule has 3 rings (SSSR count). The van der Waals surface area contributed by atoms with Gasteiger partial charge in [0, 0.05) is 18.0 Å². The first-order chi connectivity index (χ1) is 17.4. The van der Waals surface area contributed by atoms with Crippen molar-refractivity contribution in [3.63, 3.8) is 0 Å². The summed E-state index contributed by atoms with van der Waals surface area (Å²) in [6.45, 7) is 3.97. The van der Waals surface area contributed by atoms with Gasteiger partial charge < -0.3 is 29.9 Å². The Morgan fingerprint density at radius 2 is 1.97 bits per heavy atom. The van der Waals surface area contributed by atoms with Crippen molar-refractivity contribution in [3.8, 4) is 18.1 Å². The number of nitrogens with one attached hydrogen (secondary N) is 1. The van der Waals surface area contributed by atoms with Crippen molar-refractivity contribution >= 4 is 19.4 Å². The number of benzene rings is 1. The summed E-state index contributed by atoms with van der Waals surface area (Å²) in [7, 11) is -4.36. The van der Waals surface area contributed by atoms with Gasteiger partial charge in [0.25, 0.3) is 5.56 Å². The highest BCUT2D eigenvalue weighted by atomic mass is 31.2. The van der Waals surface area contributed by atoms with E-state index in [-0.39, 0.29) is 11.4 Å². The van der Waals surface area contributed by atoms with Crippen molar-refractivity contribution in [2.75, 3.05) is 12.3 Å². The number of esters is 1. The van der Waals surface area contributed by atoms with Crippen LogP contribution in [0.5, 0.6) is 5.75 Å². The summed E-state index contributed by atoms with van der Waals surface area (Å²) in [4.78, 5) is 24.7. The van der Waals surface area contributed by atoms with Crippen molar-refractivity contribution in [1.82, 2.24) is 9.65 Å². The van der Waals surface area contributed by atoms with Crippen LogP contribution in [0, 0.1) is 12.3 Å². The van der Waals surface area contributed by atoms with Gasteiger partial charge in [-0.3, -0.25) is 18.7 Å². The molecule has 1 saturated heterocycles. The van der Waals surface area contributed by atoms with Crippen molar-refractivity contribution in [2.45, 2.75) is 57.0 Å². The summed E-state index contributed by atoms with van der Waals surface area (Å²) in [5.41, 5.74) is 3.15. The molecule has 1 aromatic carbocycles. The van der Waals surface area contributed by atoms with Gasteiger partial charge in [0.05, 0.1) is 6.10 Å². The molecule has 0 aliphatic carbocycles. The number of hydrogen-bond acceptors (Lipinski definition) is 10. The van der Waals surface area contributed by atoms with Gasteiger partial charge in [-0.05, 0) is 39.0 Å². The maximum absolute atomic E-state index is 13.7. The number of ether oxygens (including phenoxy) is 2. The van der Waals surface area contributed by atoms with Crippen LogP contribution in [0.4, 0.5) is 5.69 Å². The highest BCUT2D eigenvalue weighted by Crippen LogP contribution is 2.47. The second-order valence-corrected chi connectivity index (χ2v) is 10.4. The van der Waals surface area contributed by atoms with E-state index in [0.717, 1.165) is 10.6 Å². The van der Waals surface area contributed by atoms with Crippen LogP contribution in [0.3, 0.4) is 0 Å². The SMILES string of the molecule is C#C[C@]1(CO[P@@](=O)(N[C@@H](C)C(=O)OC(C)C)Oc2ccccc2)O[C@@H](n2ccc(N)cc2=O)C(O)[C@H]1O. The summed E-state index contributed by atoms with van der Waals surface area (Å²) in [5, 5.41) is 23.9. The van der Waals surface area contributed by atoms with E-state index < -0.39 is 62.1 Å². The number of anilines is 1. The van der Waals surface area contributed by atoms with Crippen LogP contribution in [-0.4, -0.2) is 57.3 Å². The molecule has 2 heterocycles. The summed E-state index contributed by atoms with van der Waals surface area (Å²) in [5.74, 6) is 1.67. The fraction of sp³-hybridized carbons (Fsp3) is 0.417. The molecular weight excluding hydrogens is 505 g/mol. The minimum absolute atomic E-state index is 0.150. The lowest BCUT2D eigenvalue weighted by Crippen LogP contribution is -2.46. The number of nitrogen functional groups attached to an aromatic ring is 1. The van der Waals surface area contributed by atoms with Gasteiger partial charge in [0.15, 0.2) is 11.8 Å². The third kappa shape index (κ3) is 6.59. The van der Waals surface area contributed by atoms with E-state index in [1.54, 1.807) is 32.0 Å². The lowest BCUT2D eigenvalue weighted by Gasteiger charge is -2.29. The molecule has 5 N–H and O–H groups in total. The summed E-state index contributed by atoms with van der Waals surface area (Å²) in [6.07, 6.45) is 1.71. The van der Waals surface area contributed by atoms with E-state index in [1.165, 1.54) is 31.3 Å². The predicted octanol–water partition coefficient (Wildman–Crippen LogP) is 1.19. The lowest BCUT2D eigenvalue weighted by molar-refractivity contribution is -0.149. The van der Waals surface area contributed by atoms with E-state index >= 15 is 0 Å². The van der Waals surface area contributed by atoms with Crippen LogP contribution in [0.25, 0.3) is 0 Å². The monoisotopic (exact) mass is 535 g/mol. The molecule has 1 aliphatic rings. The quantitative estimate of drug-likeness (QED) is 0.196. The van der Waals surface area contributed by atoms with Gasteiger partial charge in [-0.2, -0.15) is 5.09 Å². The molecule has 13 heteroatoms.